The number of hydrogen-bond acceptors (Lipinski definition) is 1. The Kier molecular flexibility index (Phi) is 0.927. The van der Waals surface area contributed by atoms with Gasteiger partial charge in [-0.2, -0.15) is 0 Å². The van der Waals surface area contributed by atoms with Crippen molar-refractivity contribution in [3.05, 3.63) is 12.2 Å². The molecule has 0 radical (unpaired) electrons. The zero-order valence-electron chi connectivity index (χ0n) is 4.65. The van der Waals surface area contributed by atoms with E-state index in [4.69, 9.17) is 5.73 Å². The van der Waals surface area contributed by atoms with Crippen molar-refractivity contribution >= 4 is 0 Å². The third-order valence-corrected chi connectivity index (χ3v) is 1.48. The normalized spacial score (nSPS) is 32.9. The molecule has 0 spiro atoms. The van der Waals surface area contributed by atoms with Crippen molar-refractivity contribution < 1.29 is 0 Å². The molecule has 1 aliphatic carbocycles. The van der Waals surface area contributed by atoms with Crippen LogP contribution >= 0.6 is 0 Å². The fourth-order valence-corrected chi connectivity index (χ4v) is 0.781. The SMILES string of the molecule is C=C1CC1C(C)N. The summed E-state index contributed by atoms with van der Waals surface area (Å²) in [7, 11) is 0. The molecule has 1 aliphatic rings. The van der Waals surface area contributed by atoms with Crippen molar-refractivity contribution in [2.24, 2.45) is 11.7 Å². The van der Waals surface area contributed by atoms with Gasteiger partial charge in [-0.25, -0.2) is 0 Å². The highest BCUT2D eigenvalue weighted by atomic mass is 14.7. The predicted octanol–water partition coefficient (Wildman–Crippen LogP) is 0.910. The van der Waals surface area contributed by atoms with Crippen LogP contribution in [0.4, 0.5) is 0 Å². The minimum atomic E-state index is 0.340. The number of nitrogens with two attached hydrogens (primary N) is 1. The first-order chi connectivity index (χ1) is 3.22. The smallest absolute Gasteiger partial charge is 0.00790 e. The average Bonchev–Trinajstić information content (AvgIpc) is 2.17. The van der Waals surface area contributed by atoms with Gasteiger partial charge in [-0.05, 0) is 19.3 Å². The van der Waals surface area contributed by atoms with Crippen molar-refractivity contribution in [1.82, 2.24) is 0 Å². The fourth-order valence-electron chi connectivity index (χ4n) is 0.781. The zero-order valence-corrected chi connectivity index (χ0v) is 4.65. The third-order valence-electron chi connectivity index (χ3n) is 1.48. The number of rotatable bonds is 1. The van der Waals surface area contributed by atoms with Gasteiger partial charge in [0.1, 0.15) is 0 Å². The Morgan fingerprint density at radius 3 is 2.43 bits per heavy atom. The van der Waals surface area contributed by atoms with Crippen LogP contribution in [0.2, 0.25) is 0 Å². The van der Waals surface area contributed by atoms with Gasteiger partial charge in [0.2, 0.25) is 0 Å². The second-order valence-corrected chi connectivity index (χ2v) is 2.33. The van der Waals surface area contributed by atoms with E-state index in [2.05, 4.69) is 6.58 Å². The Morgan fingerprint density at radius 1 is 2.00 bits per heavy atom. The van der Waals surface area contributed by atoms with Crippen molar-refractivity contribution in [3.63, 3.8) is 0 Å². The van der Waals surface area contributed by atoms with Gasteiger partial charge in [0.15, 0.2) is 0 Å². The van der Waals surface area contributed by atoms with Crippen LogP contribution in [0.3, 0.4) is 0 Å². The largest absolute Gasteiger partial charge is 0.327 e. The van der Waals surface area contributed by atoms with Crippen LogP contribution < -0.4 is 5.73 Å². The second kappa shape index (κ2) is 1.34. The molecule has 1 saturated carbocycles. The molecule has 0 aliphatic heterocycles. The van der Waals surface area contributed by atoms with Crippen molar-refractivity contribution in [3.8, 4) is 0 Å². The van der Waals surface area contributed by atoms with E-state index in [-0.39, 0.29) is 0 Å². The van der Waals surface area contributed by atoms with Crippen LogP contribution in [0.5, 0.6) is 0 Å². The summed E-state index contributed by atoms with van der Waals surface area (Å²) in [5, 5.41) is 0. The summed E-state index contributed by atoms with van der Waals surface area (Å²) in [5.41, 5.74) is 6.86. The minimum Gasteiger partial charge on any atom is -0.327 e. The van der Waals surface area contributed by atoms with E-state index in [1.54, 1.807) is 0 Å². The van der Waals surface area contributed by atoms with E-state index in [1.165, 1.54) is 5.57 Å². The summed E-state index contributed by atoms with van der Waals surface area (Å²) < 4.78 is 0. The summed E-state index contributed by atoms with van der Waals surface area (Å²) in [6, 6.07) is 0.340. The molecule has 40 valence electrons. The number of hydrogen-bond donors (Lipinski definition) is 1. The van der Waals surface area contributed by atoms with E-state index < -0.39 is 0 Å². The van der Waals surface area contributed by atoms with Gasteiger partial charge in [-0.1, -0.05) is 12.2 Å². The van der Waals surface area contributed by atoms with Crippen molar-refractivity contribution in [2.45, 2.75) is 19.4 Å². The van der Waals surface area contributed by atoms with Crippen LogP contribution in [-0.4, -0.2) is 6.04 Å². The summed E-state index contributed by atoms with van der Waals surface area (Å²) in [4.78, 5) is 0. The summed E-state index contributed by atoms with van der Waals surface area (Å²) in [5.74, 6) is 0.653. The lowest BCUT2D eigenvalue weighted by atomic mass is 10.2. The lowest BCUT2D eigenvalue weighted by molar-refractivity contribution is 0.669. The molecule has 2 unspecified atom stereocenters. The standard InChI is InChI=1S/C6H11N/c1-4-3-6(4)5(2)7/h5-6H,1,3,7H2,2H3. The quantitative estimate of drug-likeness (QED) is 0.483. The highest BCUT2D eigenvalue weighted by molar-refractivity contribution is 5.21. The van der Waals surface area contributed by atoms with Crippen LogP contribution in [0.25, 0.3) is 0 Å². The first-order valence-electron chi connectivity index (χ1n) is 2.65. The molecule has 1 heteroatoms. The van der Waals surface area contributed by atoms with Crippen LogP contribution in [0, 0.1) is 5.92 Å². The Morgan fingerprint density at radius 2 is 2.43 bits per heavy atom. The highest BCUT2D eigenvalue weighted by Crippen LogP contribution is 2.37. The molecule has 2 atom stereocenters. The van der Waals surface area contributed by atoms with Crippen LogP contribution in [0.15, 0.2) is 12.2 Å². The van der Waals surface area contributed by atoms with E-state index in [9.17, 15) is 0 Å². The predicted molar refractivity (Wildman–Crippen MR) is 30.9 cm³/mol. The van der Waals surface area contributed by atoms with Gasteiger partial charge in [0.05, 0.1) is 0 Å². The van der Waals surface area contributed by atoms with E-state index >= 15 is 0 Å². The highest BCUT2D eigenvalue weighted by Gasteiger charge is 2.30. The Labute approximate surface area is 44.2 Å². The maximum atomic E-state index is 5.53. The fraction of sp³-hybridized carbons (Fsp3) is 0.667. The molecule has 0 aromatic heterocycles. The molecule has 0 heterocycles. The monoisotopic (exact) mass is 97.1 g/mol. The van der Waals surface area contributed by atoms with Gasteiger partial charge in [0.25, 0.3) is 0 Å². The molecule has 1 nitrogen and oxygen atoms in total. The molecular weight excluding hydrogens is 86.1 g/mol. The molecule has 2 N–H and O–H groups in total. The molecule has 0 aromatic rings. The van der Waals surface area contributed by atoms with Gasteiger partial charge in [-0.3, -0.25) is 0 Å². The second-order valence-electron chi connectivity index (χ2n) is 2.33. The Hall–Kier alpha value is -0.300. The summed E-state index contributed by atoms with van der Waals surface area (Å²) >= 11 is 0. The maximum Gasteiger partial charge on any atom is 0.00790 e. The first-order valence-corrected chi connectivity index (χ1v) is 2.65. The third kappa shape index (κ3) is 0.829. The molecule has 1 rings (SSSR count). The summed E-state index contributed by atoms with van der Waals surface area (Å²) in [6.45, 7) is 5.82. The van der Waals surface area contributed by atoms with Crippen molar-refractivity contribution in [2.75, 3.05) is 0 Å². The Bertz CT molecular complexity index is 94.4. The van der Waals surface area contributed by atoms with Gasteiger partial charge in [-0.15, -0.1) is 0 Å². The molecule has 0 bridgehead atoms. The molecule has 0 saturated heterocycles. The van der Waals surface area contributed by atoms with Gasteiger partial charge in [0, 0.05) is 6.04 Å². The lowest BCUT2D eigenvalue weighted by Crippen LogP contribution is -2.16. The zero-order chi connectivity index (χ0) is 5.44. The topological polar surface area (TPSA) is 26.0 Å². The van der Waals surface area contributed by atoms with Gasteiger partial charge >= 0.3 is 0 Å². The Balaban J connectivity index is 2.33. The first kappa shape index (κ1) is 4.85. The molecular formula is C6H11N. The van der Waals surface area contributed by atoms with E-state index in [0.717, 1.165) is 6.42 Å². The van der Waals surface area contributed by atoms with E-state index in [1.807, 2.05) is 6.92 Å². The molecule has 7 heavy (non-hydrogen) atoms. The molecule has 0 aromatic carbocycles. The van der Waals surface area contributed by atoms with E-state index in [0.29, 0.717) is 12.0 Å². The summed E-state index contributed by atoms with van der Waals surface area (Å²) in [6.07, 6.45) is 1.16. The average molecular weight is 97.2 g/mol. The van der Waals surface area contributed by atoms with Crippen LogP contribution in [-0.2, 0) is 0 Å². The molecule has 1 fully saturated rings. The molecule has 0 amide bonds. The van der Waals surface area contributed by atoms with Crippen LogP contribution in [0.1, 0.15) is 13.3 Å². The van der Waals surface area contributed by atoms with Crippen molar-refractivity contribution in [1.29, 1.82) is 0 Å². The van der Waals surface area contributed by atoms with Gasteiger partial charge < -0.3 is 5.73 Å². The lowest BCUT2D eigenvalue weighted by Gasteiger charge is -1.95. The minimum absolute atomic E-state index is 0.340. The maximum absolute atomic E-state index is 5.53.